The molecule has 5 nitrogen and oxygen atoms in total. The Morgan fingerprint density at radius 1 is 1.40 bits per heavy atom. The van der Waals surface area contributed by atoms with Crippen LogP contribution >= 0.6 is 0 Å². The van der Waals surface area contributed by atoms with Gasteiger partial charge in [-0.3, -0.25) is 4.79 Å². The fourth-order valence-corrected chi connectivity index (χ4v) is 2.09. The van der Waals surface area contributed by atoms with Crippen molar-refractivity contribution in [1.29, 1.82) is 0 Å². The second kappa shape index (κ2) is 7.24. The smallest absolute Gasteiger partial charge is 0.256 e. The largest absolute Gasteiger partial charge is 0.481 e. The third-order valence-electron chi connectivity index (χ3n) is 3.19. The second-order valence-electron chi connectivity index (χ2n) is 4.85. The summed E-state index contributed by atoms with van der Waals surface area (Å²) in [5.41, 5.74) is 0.585. The van der Waals surface area contributed by atoms with E-state index in [9.17, 15) is 4.79 Å². The Balaban J connectivity index is 2.88. The van der Waals surface area contributed by atoms with Crippen molar-refractivity contribution in [2.24, 2.45) is 0 Å². The van der Waals surface area contributed by atoms with Crippen molar-refractivity contribution in [3.63, 3.8) is 0 Å². The molecule has 0 bridgehead atoms. The van der Waals surface area contributed by atoms with Gasteiger partial charge in [0.05, 0.1) is 18.5 Å². The molecule has 0 spiro atoms. The molecule has 1 aromatic heterocycles. The zero-order chi connectivity index (χ0) is 15.2. The van der Waals surface area contributed by atoms with Crippen LogP contribution in [0.25, 0.3) is 0 Å². The standard InChI is InChI=1S/C15H24N2O3/c1-6-10-15(4,20-7-2)14(18)17-12-8-9-13(19-5)16-11(12)3/h8-9H,6-7,10H2,1-5H3,(H,17,18)/t15-/m1/s1. The zero-order valence-corrected chi connectivity index (χ0v) is 12.9. The Morgan fingerprint density at radius 2 is 2.10 bits per heavy atom. The van der Waals surface area contributed by atoms with Gasteiger partial charge < -0.3 is 14.8 Å². The zero-order valence-electron chi connectivity index (χ0n) is 12.9. The summed E-state index contributed by atoms with van der Waals surface area (Å²) < 4.78 is 10.7. The van der Waals surface area contributed by atoms with Crippen molar-refractivity contribution in [2.75, 3.05) is 19.0 Å². The number of hydrogen-bond acceptors (Lipinski definition) is 4. The van der Waals surface area contributed by atoms with Crippen LogP contribution in [-0.4, -0.2) is 30.2 Å². The molecule has 0 aliphatic rings. The lowest BCUT2D eigenvalue weighted by molar-refractivity contribution is -0.139. The summed E-state index contributed by atoms with van der Waals surface area (Å²) in [5.74, 6) is 0.387. The molecule has 0 saturated carbocycles. The molecular weight excluding hydrogens is 256 g/mol. The van der Waals surface area contributed by atoms with Crippen LogP contribution in [0.4, 0.5) is 5.69 Å². The van der Waals surface area contributed by atoms with E-state index in [-0.39, 0.29) is 5.91 Å². The topological polar surface area (TPSA) is 60.5 Å². The summed E-state index contributed by atoms with van der Waals surface area (Å²) in [7, 11) is 1.56. The quantitative estimate of drug-likeness (QED) is 0.834. The number of amides is 1. The third kappa shape index (κ3) is 3.93. The number of hydrogen-bond donors (Lipinski definition) is 1. The number of nitrogens with one attached hydrogen (secondary N) is 1. The van der Waals surface area contributed by atoms with Crippen molar-refractivity contribution in [3.05, 3.63) is 17.8 Å². The van der Waals surface area contributed by atoms with Gasteiger partial charge in [0, 0.05) is 12.7 Å². The monoisotopic (exact) mass is 280 g/mol. The Morgan fingerprint density at radius 3 is 2.60 bits per heavy atom. The SMILES string of the molecule is CCC[C@@](C)(OCC)C(=O)Nc1ccc(OC)nc1C. The molecule has 5 heteroatoms. The van der Waals surface area contributed by atoms with E-state index >= 15 is 0 Å². The van der Waals surface area contributed by atoms with Crippen molar-refractivity contribution in [2.45, 2.75) is 46.1 Å². The fourth-order valence-electron chi connectivity index (χ4n) is 2.09. The number of ether oxygens (including phenoxy) is 2. The van der Waals surface area contributed by atoms with Gasteiger partial charge in [0.15, 0.2) is 0 Å². The number of nitrogens with zero attached hydrogens (tertiary/aromatic N) is 1. The lowest BCUT2D eigenvalue weighted by Gasteiger charge is -2.28. The van der Waals surface area contributed by atoms with Crippen molar-refractivity contribution in [3.8, 4) is 5.88 Å². The van der Waals surface area contributed by atoms with Gasteiger partial charge in [-0.2, -0.15) is 0 Å². The molecule has 0 radical (unpaired) electrons. The lowest BCUT2D eigenvalue weighted by Crippen LogP contribution is -2.42. The number of aromatic nitrogens is 1. The first kappa shape index (κ1) is 16.4. The summed E-state index contributed by atoms with van der Waals surface area (Å²) in [6, 6.07) is 3.51. The number of methoxy groups -OCH3 is 1. The minimum absolute atomic E-state index is 0.142. The van der Waals surface area contributed by atoms with Crippen LogP contribution in [0.3, 0.4) is 0 Å². The molecule has 0 aliphatic carbocycles. The van der Waals surface area contributed by atoms with Crippen LogP contribution in [-0.2, 0) is 9.53 Å². The molecule has 1 aromatic rings. The maximum absolute atomic E-state index is 12.4. The first-order valence-corrected chi connectivity index (χ1v) is 6.93. The molecule has 112 valence electrons. The van der Waals surface area contributed by atoms with Crippen LogP contribution in [0.2, 0.25) is 0 Å². The molecule has 1 N–H and O–H groups in total. The Bertz CT molecular complexity index is 454. The highest BCUT2D eigenvalue weighted by atomic mass is 16.5. The van der Waals surface area contributed by atoms with Crippen LogP contribution < -0.4 is 10.1 Å². The molecule has 0 fully saturated rings. The van der Waals surface area contributed by atoms with Gasteiger partial charge >= 0.3 is 0 Å². The van der Waals surface area contributed by atoms with E-state index in [0.717, 1.165) is 6.42 Å². The number of carbonyl (C=O) groups excluding carboxylic acids is 1. The van der Waals surface area contributed by atoms with E-state index in [4.69, 9.17) is 9.47 Å². The lowest BCUT2D eigenvalue weighted by atomic mass is 9.99. The molecule has 0 aromatic carbocycles. The molecular formula is C15H24N2O3. The van der Waals surface area contributed by atoms with Gasteiger partial charge in [-0.05, 0) is 33.3 Å². The summed E-state index contributed by atoms with van der Waals surface area (Å²) in [6.45, 7) is 8.08. The van der Waals surface area contributed by atoms with Crippen LogP contribution in [0.15, 0.2) is 12.1 Å². The highest BCUT2D eigenvalue weighted by Gasteiger charge is 2.33. The van der Waals surface area contributed by atoms with Gasteiger partial charge in [0.25, 0.3) is 5.91 Å². The summed E-state index contributed by atoms with van der Waals surface area (Å²) >= 11 is 0. The number of carbonyl (C=O) groups is 1. The highest BCUT2D eigenvalue weighted by molar-refractivity contribution is 5.97. The number of pyridine rings is 1. The van der Waals surface area contributed by atoms with Crippen molar-refractivity contribution < 1.29 is 14.3 Å². The van der Waals surface area contributed by atoms with E-state index in [1.165, 1.54) is 0 Å². The maximum Gasteiger partial charge on any atom is 0.256 e. The summed E-state index contributed by atoms with van der Waals surface area (Å²) in [4.78, 5) is 16.7. The Kier molecular flexibility index (Phi) is 5.95. The van der Waals surface area contributed by atoms with Gasteiger partial charge in [0.1, 0.15) is 5.60 Å². The van der Waals surface area contributed by atoms with Gasteiger partial charge in [-0.25, -0.2) is 4.98 Å². The first-order chi connectivity index (χ1) is 9.46. The highest BCUT2D eigenvalue weighted by Crippen LogP contribution is 2.23. The average molecular weight is 280 g/mol. The molecule has 1 rings (SSSR count). The van der Waals surface area contributed by atoms with E-state index in [1.807, 2.05) is 27.7 Å². The van der Waals surface area contributed by atoms with Gasteiger partial charge in [-0.15, -0.1) is 0 Å². The molecule has 20 heavy (non-hydrogen) atoms. The Hall–Kier alpha value is -1.62. The molecule has 1 atom stereocenters. The van der Waals surface area contributed by atoms with Crippen LogP contribution in [0.1, 0.15) is 39.3 Å². The van der Waals surface area contributed by atoms with Gasteiger partial charge in [0.2, 0.25) is 5.88 Å². The number of aryl methyl sites for hydroxylation is 1. The van der Waals surface area contributed by atoms with E-state index < -0.39 is 5.60 Å². The fraction of sp³-hybridized carbons (Fsp3) is 0.600. The average Bonchev–Trinajstić information content (AvgIpc) is 2.41. The molecule has 0 saturated heterocycles. The number of anilines is 1. The molecule has 0 unspecified atom stereocenters. The maximum atomic E-state index is 12.4. The van der Waals surface area contributed by atoms with Gasteiger partial charge in [-0.1, -0.05) is 13.3 Å². The van der Waals surface area contributed by atoms with E-state index in [1.54, 1.807) is 19.2 Å². The predicted molar refractivity (Wildman–Crippen MR) is 79.1 cm³/mol. The van der Waals surface area contributed by atoms with E-state index in [2.05, 4.69) is 10.3 Å². The third-order valence-corrected chi connectivity index (χ3v) is 3.19. The summed E-state index contributed by atoms with van der Waals surface area (Å²) in [5, 5.41) is 2.89. The summed E-state index contributed by atoms with van der Waals surface area (Å²) in [6.07, 6.45) is 1.55. The molecule has 1 amide bonds. The second-order valence-corrected chi connectivity index (χ2v) is 4.85. The first-order valence-electron chi connectivity index (χ1n) is 6.93. The van der Waals surface area contributed by atoms with E-state index in [0.29, 0.717) is 30.3 Å². The van der Waals surface area contributed by atoms with Crippen molar-refractivity contribution in [1.82, 2.24) is 4.98 Å². The minimum Gasteiger partial charge on any atom is -0.481 e. The molecule has 0 aliphatic heterocycles. The normalized spacial score (nSPS) is 13.7. The number of rotatable bonds is 7. The molecule has 1 heterocycles. The van der Waals surface area contributed by atoms with Crippen LogP contribution in [0, 0.1) is 6.92 Å². The predicted octanol–water partition coefficient (Wildman–Crippen LogP) is 2.93. The van der Waals surface area contributed by atoms with Crippen LogP contribution in [0.5, 0.6) is 5.88 Å². The Labute approximate surface area is 120 Å². The minimum atomic E-state index is -0.810. The van der Waals surface area contributed by atoms with Crippen molar-refractivity contribution >= 4 is 11.6 Å².